The zero-order valence-electron chi connectivity index (χ0n) is 18.0. The number of rotatable bonds is 5. The Labute approximate surface area is 196 Å². The third-order valence-corrected chi connectivity index (χ3v) is 6.62. The molecule has 0 saturated heterocycles. The average molecular weight is 454 g/mol. The molecule has 1 aliphatic rings. The van der Waals surface area contributed by atoms with Crippen LogP contribution in [0, 0.1) is 0 Å². The number of carbonyl (C=O) groups excluding carboxylic acids is 2. The van der Waals surface area contributed by atoms with Crippen molar-refractivity contribution >= 4 is 40.2 Å². The number of fused-ring (bicyclic) bond motifs is 1. The molecule has 4 aromatic rings. The van der Waals surface area contributed by atoms with Crippen molar-refractivity contribution in [2.24, 2.45) is 0 Å². The Morgan fingerprint density at radius 2 is 1.48 bits per heavy atom. The van der Waals surface area contributed by atoms with Gasteiger partial charge in [-0.15, -0.1) is 11.3 Å². The summed E-state index contributed by atoms with van der Waals surface area (Å²) < 4.78 is 0. The molecule has 1 aliphatic heterocycles. The Kier molecular flexibility index (Phi) is 5.91. The van der Waals surface area contributed by atoms with Gasteiger partial charge in [-0.1, -0.05) is 36.4 Å². The molecule has 0 spiro atoms. The van der Waals surface area contributed by atoms with E-state index in [1.165, 1.54) is 22.5 Å². The van der Waals surface area contributed by atoms with Crippen LogP contribution < -0.4 is 15.5 Å². The van der Waals surface area contributed by atoms with Crippen molar-refractivity contribution in [3.8, 4) is 0 Å². The molecule has 5 rings (SSSR count). The zero-order chi connectivity index (χ0) is 22.6. The summed E-state index contributed by atoms with van der Waals surface area (Å²) in [5.74, 6) is -0.350. The Hall–Kier alpha value is -3.90. The number of nitrogens with zero attached hydrogens (tertiary/aromatic N) is 1. The largest absolute Gasteiger partial charge is 0.367 e. The molecule has 0 atom stereocenters. The van der Waals surface area contributed by atoms with Crippen LogP contribution >= 0.6 is 11.3 Å². The van der Waals surface area contributed by atoms with E-state index in [1.54, 1.807) is 30.3 Å². The topological polar surface area (TPSA) is 61.4 Å². The molecule has 6 heteroatoms. The molecule has 3 aromatic carbocycles. The zero-order valence-corrected chi connectivity index (χ0v) is 18.8. The van der Waals surface area contributed by atoms with Gasteiger partial charge in [0.2, 0.25) is 0 Å². The normalized spacial score (nSPS) is 12.7. The molecule has 0 radical (unpaired) electrons. The lowest BCUT2D eigenvalue weighted by Gasteiger charge is -2.30. The number of amides is 2. The standard InChI is InChI=1S/C27H23N3O2S/c31-26(28-22-7-3-8-23(17-22)29-27(32)25-9-4-16-33-25)20-10-12-24(13-11-20)30-15-14-19-5-1-2-6-21(19)18-30/h1-13,16-17H,14-15,18H2,(H,28,31)(H,29,32). The van der Waals surface area contributed by atoms with Crippen molar-refractivity contribution in [2.75, 3.05) is 22.1 Å². The van der Waals surface area contributed by atoms with E-state index in [-0.39, 0.29) is 11.8 Å². The summed E-state index contributed by atoms with van der Waals surface area (Å²) in [6.45, 7) is 1.85. The Bertz CT molecular complexity index is 1280. The van der Waals surface area contributed by atoms with Gasteiger partial charge in [-0.3, -0.25) is 9.59 Å². The summed E-state index contributed by atoms with van der Waals surface area (Å²) in [5.41, 5.74) is 5.73. The molecule has 5 nitrogen and oxygen atoms in total. The molecule has 0 bridgehead atoms. The van der Waals surface area contributed by atoms with Crippen molar-refractivity contribution in [2.45, 2.75) is 13.0 Å². The van der Waals surface area contributed by atoms with E-state index in [0.29, 0.717) is 21.8 Å². The molecule has 0 fully saturated rings. The molecule has 2 amide bonds. The maximum Gasteiger partial charge on any atom is 0.265 e. The molecule has 1 aromatic heterocycles. The van der Waals surface area contributed by atoms with E-state index in [4.69, 9.17) is 0 Å². The lowest BCUT2D eigenvalue weighted by atomic mass is 9.99. The molecule has 33 heavy (non-hydrogen) atoms. The van der Waals surface area contributed by atoms with Gasteiger partial charge in [0.25, 0.3) is 11.8 Å². The lowest BCUT2D eigenvalue weighted by Crippen LogP contribution is -2.30. The van der Waals surface area contributed by atoms with Gasteiger partial charge in [0.05, 0.1) is 4.88 Å². The summed E-state index contributed by atoms with van der Waals surface area (Å²) in [6, 6.07) is 27.0. The average Bonchev–Trinajstić information content (AvgIpc) is 3.39. The van der Waals surface area contributed by atoms with Crippen molar-refractivity contribution in [3.63, 3.8) is 0 Å². The molecule has 0 saturated carbocycles. The van der Waals surface area contributed by atoms with E-state index in [2.05, 4.69) is 39.8 Å². The second-order valence-corrected chi connectivity index (χ2v) is 8.90. The monoisotopic (exact) mass is 453 g/mol. The van der Waals surface area contributed by atoms with Crippen LogP contribution in [0.1, 0.15) is 31.2 Å². The highest BCUT2D eigenvalue weighted by Gasteiger charge is 2.16. The summed E-state index contributed by atoms with van der Waals surface area (Å²) in [4.78, 5) is 28.0. The maximum absolute atomic E-state index is 12.8. The second-order valence-electron chi connectivity index (χ2n) is 7.95. The van der Waals surface area contributed by atoms with E-state index in [1.807, 2.05) is 35.7 Å². The minimum Gasteiger partial charge on any atom is -0.367 e. The van der Waals surface area contributed by atoms with Gasteiger partial charge in [0, 0.05) is 35.7 Å². The molecule has 2 N–H and O–H groups in total. The molecular formula is C27H23N3O2S. The van der Waals surface area contributed by atoms with E-state index < -0.39 is 0 Å². The van der Waals surface area contributed by atoms with Crippen LogP contribution in [0.25, 0.3) is 0 Å². The molecule has 0 aliphatic carbocycles. The van der Waals surface area contributed by atoms with Crippen molar-refractivity contribution in [1.82, 2.24) is 0 Å². The number of carbonyl (C=O) groups is 2. The third-order valence-electron chi connectivity index (χ3n) is 5.75. The Morgan fingerprint density at radius 3 is 2.21 bits per heavy atom. The fourth-order valence-corrected chi connectivity index (χ4v) is 4.64. The van der Waals surface area contributed by atoms with E-state index in [0.717, 1.165) is 25.2 Å². The predicted octanol–water partition coefficient (Wildman–Crippen LogP) is 5.82. The van der Waals surface area contributed by atoms with Gasteiger partial charge >= 0.3 is 0 Å². The number of benzene rings is 3. The fraction of sp³-hybridized carbons (Fsp3) is 0.111. The number of nitrogens with one attached hydrogen (secondary N) is 2. The summed E-state index contributed by atoms with van der Waals surface area (Å²) in [6.07, 6.45) is 1.03. The van der Waals surface area contributed by atoms with Crippen LogP contribution in [0.4, 0.5) is 17.1 Å². The first kappa shape index (κ1) is 21.0. The number of thiophene rings is 1. The molecular weight excluding hydrogens is 430 g/mol. The highest BCUT2D eigenvalue weighted by atomic mass is 32.1. The van der Waals surface area contributed by atoms with Crippen molar-refractivity contribution in [3.05, 3.63) is 112 Å². The number of hydrogen-bond donors (Lipinski definition) is 2. The number of anilines is 3. The van der Waals surface area contributed by atoms with Crippen LogP contribution in [0.3, 0.4) is 0 Å². The van der Waals surface area contributed by atoms with Crippen molar-refractivity contribution in [1.29, 1.82) is 0 Å². The summed E-state index contributed by atoms with van der Waals surface area (Å²) in [5, 5.41) is 7.64. The Morgan fingerprint density at radius 1 is 0.758 bits per heavy atom. The number of hydrogen-bond acceptors (Lipinski definition) is 4. The fourth-order valence-electron chi connectivity index (χ4n) is 4.02. The quantitative estimate of drug-likeness (QED) is 0.401. The van der Waals surface area contributed by atoms with Crippen LogP contribution in [0.15, 0.2) is 90.3 Å². The predicted molar refractivity (Wildman–Crippen MR) is 134 cm³/mol. The van der Waals surface area contributed by atoms with Crippen LogP contribution in [-0.4, -0.2) is 18.4 Å². The summed E-state index contributed by atoms with van der Waals surface area (Å²) >= 11 is 1.39. The first-order valence-electron chi connectivity index (χ1n) is 10.8. The summed E-state index contributed by atoms with van der Waals surface area (Å²) in [7, 11) is 0. The highest BCUT2D eigenvalue weighted by molar-refractivity contribution is 7.12. The van der Waals surface area contributed by atoms with Gasteiger partial charge in [0.15, 0.2) is 0 Å². The second kappa shape index (κ2) is 9.30. The first-order valence-corrected chi connectivity index (χ1v) is 11.7. The van der Waals surface area contributed by atoms with Gasteiger partial charge in [-0.25, -0.2) is 0 Å². The van der Waals surface area contributed by atoms with E-state index >= 15 is 0 Å². The van der Waals surface area contributed by atoms with Crippen molar-refractivity contribution < 1.29 is 9.59 Å². The molecule has 0 unspecified atom stereocenters. The lowest BCUT2D eigenvalue weighted by molar-refractivity contribution is 0.102. The van der Waals surface area contributed by atoms with Gasteiger partial charge < -0.3 is 15.5 Å². The minimum atomic E-state index is -0.188. The van der Waals surface area contributed by atoms with Gasteiger partial charge in [0.1, 0.15) is 0 Å². The Balaban J connectivity index is 1.23. The smallest absolute Gasteiger partial charge is 0.265 e. The van der Waals surface area contributed by atoms with Gasteiger partial charge in [-0.05, 0) is 71.5 Å². The van der Waals surface area contributed by atoms with Crippen LogP contribution in [0.2, 0.25) is 0 Å². The minimum absolute atomic E-state index is 0.163. The maximum atomic E-state index is 12.8. The molecule has 164 valence electrons. The molecule has 2 heterocycles. The third kappa shape index (κ3) is 4.81. The van der Waals surface area contributed by atoms with Crippen LogP contribution in [0.5, 0.6) is 0 Å². The van der Waals surface area contributed by atoms with Crippen LogP contribution in [-0.2, 0) is 13.0 Å². The van der Waals surface area contributed by atoms with E-state index in [9.17, 15) is 9.59 Å². The highest BCUT2D eigenvalue weighted by Crippen LogP contribution is 2.25. The SMILES string of the molecule is O=C(Nc1cccc(NC(=O)c2cccs2)c1)c1ccc(N2CCc3ccccc3C2)cc1. The van der Waals surface area contributed by atoms with Gasteiger partial charge in [-0.2, -0.15) is 0 Å². The first-order chi connectivity index (χ1) is 16.2.